The highest BCUT2D eigenvalue weighted by molar-refractivity contribution is 5.49. The Labute approximate surface area is 178 Å². The Kier molecular flexibility index (Phi) is 6.36. The topological polar surface area (TPSA) is 41.9 Å². The fourth-order valence-corrected chi connectivity index (χ4v) is 4.44. The van der Waals surface area contributed by atoms with Crippen molar-refractivity contribution in [1.82, 2.24) is 4.90 Å². The molecule has 4 rings (SSSR count). The molecule has 2 atom stereocenters. The summed E-state index contributed by atoms with van der Waals surface area (Å²) in [6.07, 6.45) is 1.13. The summed E-state index contributed by atoms with van der Waals surface area (Å²) in [5, 5.41) is 11.4. The van der Waals surface area contributed by atoms with Gasteiger partial charge in [-0.2, -0.15) is 0 Å². The molecule has 0 saturated heterocycles. The quantitative estimate of drug-likeness (QED) is 0.618. The summed E-state index contributed by atoms with van der Waals surface area (Å²) < 4.78 is 11.0. The van der Waals surface area contributed by atoms with E-state index in [2.05, 4.69) is 53.4 Å². The number of fused-ring (bicyclic) bond motifs is 1. The minimum atomic E-state index is -0.606. The number of ether oxygens (including phenoxy) is 2. The fourth-order valence-electron chi connectivity index (χ4n) is 4.44. The van der Waals surface area contributed by atoms with E-state index in [9.17, 15) is 5.11 Å². The first-order valence-corrected chi connectivity index (χ1v) is 10.4. The van der Waals surface area contributed by atoms with E-state index < -0.39 is 6.10 Å². The number of methoxy groups -OCH3 is 2. The number of aliphatic hydroxyl groups excluding tert-OH is 1. The SMILES string of the molecule is COc1cc(OC)c2c(c1)[C@@H](O)[C@H](N(Cc1ccccc1)Cc1ccccc1)CC2. The van der Waals surface area contributed by atoms with Crippen molar-refractivity contribution in [2.24, 2.45) is 0 Å². The van der Waals surface area contributed by atoms with Gasteiger partial charge < -0.3 is 14.6 Å². The molecule has 0 aliphatic heterocycles. The van der Waals surface area contributed by atoms with Crippen molar-refractivity contribution in [3.63, 3.8) is 0 Å². The zero-order chi connectivity index (χ0) is 20.9. The van der Waals surface area contributed by atoms with Crippen LogP contribution in [0.4, 0.5) is 0 Å². The molecule has 0 saturated carbocycles. The number of nitrogens with zero attached hydrogens (tertiary/aromatic N) is 1. The van der Waals surface area contributed by atoms with E-state index in [0.29, 0.717) is 5.75 Å². The molecule has 1 aliphatic carbocycles. The van der Waals surface area contributed by atoms with Gasteiger partial charge in [-0.05, 0) is 35.6 Å². The Balaban J connectivity index is 1.67. The summed E-state index contributed by atoms with van der Waals surface area (Å²) in [5.74, 6) is 1.50. The molecule has 0 fully saturated rings. The highest BCUT2D eigenvalue weighted by Crippen LogP contribution is 2.41. The van der Waals surface area contributed by atoms with Crippen molar-refractivity contribution in [3.05, 3.63) is 95.1 Å². The Hall–Kier alpha value is -2.82. The molecule has 1 aliphatic rings. The second kappa shape index (κ2) is 9.33. The molecule has 156 valence electrons. The molecule has 3 aromatic rings. The van der Waals surface area contributed by atoms with Crippen LogP contribution in [0.3, 0.4) is 0 Å². The van der Waals surface area contributed by atoms with Crippen LogP contribution >= 0.6 is 0 Å². The van der Waals surface area contributed by atoms with E-state index in [1.165, 1.54) is 11.1 Å². The standard InChI is InChI=1S/C26H29NO3/c1-29-21-15-23-22(25(16-21)30-2)13-14-24(26(23)28)27(17-19-9-5-3-6-10-19)18-20-11-7-4-8-12-20/h3-12,15-16,24,26,28H,13-14,17-18H2,1-2H3/t24-,26-/m1/s1. The van der Waals surface area contributed by atoms with E-state index in [1.54, 1.807) is 14.2 Å². The van der Waals surface area contributed by atoms with Gasteiger partial charge in [0.1, 0.15) is 11.5 Å². The molecule has 0 amide bonds. The van der Waals surface area contributed by atoms with Crippen LogP contribution in [0.25, 0.3) is 0 Å². The lowest BCUT2D eigenvalue weighted by atomic mass is 9.84. The Morgan fingerprint density at radius 2 is 1.47 bits per heavy atom. The summed E-state index contributed by atoms with van der Waals surface area (Å²) in [6, 6.07) is 24.8. The Morgan fingerprint density at radius 1 is 0.867 bits per heavy atom. The largest absolute Gasteiger partial charge is 0.497 e. The van der Waals surface area contributed by atoms with E-state index >= 15 is 0 Å². The van der Waals surface area contributed by atoms with Crippen molar-refractivity contribution < 1.29 is 14.6 Å². The summed E-state index contributed by atoms with van der Waals surface area (Å²) in [4.78, 5) is 2.39. The predicted octanol–water partition coefficient (Wildman–Crippen LogP) is 4.75. The van der Waals surface area contributed by atoms with Gasteiger partial charge in [0.15, 0.2) is 0 Å². The predicted molar refractivity (Wildman–Crippen MR) is 119 cm³/mol. The maximum atomic E-state index is 11.4. The van der Waals surface area contributed by atoms with Crippen LogP contribution in [0.5, 0.6) is 11.5 Å². The van der Waals surface area contributed by atoms with Gasteiger partial charge >= 0.3 is 0 Å². The average molecular weight is 404 g/mol. The van der Waals surface area contributed by atoms with Gasteiger partial charge in [-0.25, -0.2) is 0 Å². The molecule has 4 nitrogen and oxygen atoms in total. The van der Waals surface area contributed by atoms with E-state index in [0.717, 1.165) is 42.8 Å². The zero-order valence-electron chi connectivity index (χ0n) is 17.6. The minimum absolute atomic E-state index is 0.00900. The molecule has 0 spiro atoms. The van der Waals surface area contributed by atoms with Gasteiger partial charge in [0, 0.05) is 30.8 Å². The number of aliphatic hydroxyl groups is 1. The lowest BCUT2D eigenvalue weighted by molar-refractivity contribution is 0.0261. The number of benzene rings is 3. The normalized spacial score (nSPS) is 18.1. The summed E-state index contributed by atoms with van der Waals surface area (Å²) >= 11 is 0. The van der Waals surface area contributed by atoms with Gasteiger partial charge in [0.2, 0.25) is 0 Å². The highest BCUT2D eigenvalue weighted by atomic mass is 16.5. The van der Waals surface area contributed by atoms with E-state index in [4.69, 9.17) is 9.47 Å². The minimum Gasteiger partial charge on any atom is -0.497 e. The molecule has 0 bridgehead atoms. The molecular weight excluding hydrogens is 374 g/mol. The van der Waals surface area contributed by atoms with Gasteiger partial charge in [0.05, 0.1) is 20.3 Å². The lowest BCUT2D eigenvalue weighted by Crippen LogP contribution is -2.41. The number of hydrogen-bond acceptors (Lipinski definition) is 4. The number of rotatable bonds is 7. The molecule has 0 unspecified atom stereocenters. The van der Waals surface area contributed by atoms with Crippen molar-refractivity contribution in [1.29, 1.82) is 0 Å². The molecule has 0 aromatic heterocycles. The zero-order valence-corrected chi connectivity index (χ0v) is 17.6. The van der Waals surface area contributed by atoms with Crippen LogP contribution in [0.1, 0.15) is 34.8 Å². The van der Waals surface area contributed by atoms with Gasteiger partial charge in [-0.15, -0.1) is 0 Å². The molecule has 1 N–H and O–H groups in total. The third-order valence-electron chi connectivity index (χ3n) is 5.97. The van der Waals surface area contributed by atoms with Crippen LogP contribution in [0, 0.1) is 0 Å². The van der Waals surface area contributed by atoms with Crippen molar-refractivity contribution in [2.75, 3.05) is 14.2 Å². The van der Waals surface area contributed by atoms with Crippen LogP contribution in [-0.4, -0.2) is 30.3 Å². The van der Waals surface area contributed by atoms with E-state index in [-0.39, 0.29) is 6.04 Å². The van der Waals surface area contributed by atoms with Crippen molar-refractivity contribution in [3.8, 4) is 11.5 Å². The van der Waals surface area contributed by atoms with Crippen molar-refractivity contribution >= 4 is 0 Å². The smallest absolute Gasteiger partial charge is 0.126 e. The molecule has 0 heterocycles. The Bertz CT molecular complexity index is 917. The summed E-state index contributed by atoms with van der Waals surface area (Å²) in [6.45, 7) is 1.57. The second-order valence-electron chi connectivity index (χ2n) is 7.82. The average Bonchev–Trinajstić information content (AvgIpc) is 2.80. The Morgan fingerprint density at radius 3 is 2.00 bits per heavy atom. The monoisotopic (exact) mass is 403 g/mol. The first-order chi connectivity index (χ1) is 14.7. The third kappa shape index (κ3) is 4.35. The first-order valence-electron chi connectivity index (χ1n) is 10.4. The van der Waals surface area contributed by atoms with Crippen LogP contribution in [-0.2, 0) is 19.5 Å². The van der Waals surface area contributed by atoms with Crippen LogP contribution in [0.2, 0.25) is 0 Å². The van der Waals surface area contributed by atoms with Crippen molar-refractivity contribution in [2.45, 2.75) is 38.1 Å². The maximum absolute atomic E-state index is 11.4. The summed E-state index contributed by atoms with van der Waals surface area (Å²) in [7, 11) is 3.32. The van der Waals surface area contributed by atoms with E-state index in [1.807, 2.05) is 24.3 Å². The molecule has 3 aromatic carbocycles. The lowest BCUT2D eigenvalue weighted by Gasteiger charge is -2.39. The molecule has 30 heavy (non-hydrogen) atoms. The number of hydrogen-bond donors (Lipinski definition) is 1. The molecular formula is C26H29NO3. The maximum Gasteiger partial charge on any atom is 0.126 e. The highest BCUT2D eigenvalue weighted by Gasteiger charge is 2.34. The van der Waals surface area contributed by atoms with Crippen LogP contribution < -0.4 is 9.47 Å². The first kappa shape index (κ1) is 20.5. The van der Waals surface area contributed by atoms with Gasteiger partial charge in [0.25, 0.3) is 0 Å². The third-order valence-corrected chi connectivity index (χ3v) is 5.97. The molecule has 4 heteroatoms. The van der Waals surface area contributed by atoms with Gasteiger partial charge in [-0.3, -0.25) is 4.90 Å². The second-order valence-corrected chi connectivity index (χ2v) is 7.82. The van der Waals surface area contributed by atoms with Gasteiger partial charge in [-0.1, -0.05) is 60.7 Å². The fraction of sp³-hybridized carbons (Fsp3) is 0.308. The van der Waals surface area contributed by atoms with Crippen LogP contribution in [0.15, 0.2) is 72.8 Å². The summed E-state index contributed by atoms with van der Waals surface area (Å²) in [5.41, 5.74) is 4.49. The molecule has 0 radical (unpaired) electrons.